The van der Waals surface area contributed by atoms with Gasteiger partial charge in [0.05, 0.1) is 12.5 Å². The van der Waals surface area contributed by atoms with Gasteiger partial charge in [0.25, 0.3) is 0 Å². The van der Waals surface area contributed by atoms with Crippen molar-refractivity contribution in [2.75, 3.05) is 19.6 Å². The van der Waals surface area contributed by atoms with Crippen LogP contribution in [0.25, 0.3) is 0 Å². The summed E-state index contributed by atoms with van der Waals surface area (Å²) in [5.74, 6) is -1.63. The smallest absolute Gasteiger partial charge is 0.312 e. The molecule has 1 heterocycles. The summed E-state index contributed by atoms with van der Waals surface area (Å²) in [6, 6.07) is 7.40. The number of aliphatic carboxylic acids is 1. The van der Waals surface area contributed by atoms with E-state index >= 15 is 0 Å². The molecule has 1 aliphatic rings. The van der Waals surface area contributed by atoms with E-state index in [1.807, 2.05) is 24.3 Å². The number of rotatable bonds is 5. The van der Waals surface area contributed by atoms with E-state index in [-0.39, 0.29) is 19.0 Å². The van der Waals surface area contributed by atoms with E-state index in [4.69, 9.17) is 0 Å². The van der Waals surface area contributed by atoms with Crippen LogP contribution >= 0.6 is 0 Å². The fourth-order valence-electron chi connectivity index (χ4n) is 2.40. The molecule has 5 nitrogen and oxygen atoms in total. The Morgan fingerprint density at radius 3 is 2.90 bits per heavy atom. The highest BCUT2D eigenvalue weighted by molar-refractivity contribution is 5.82. The average Bonchev–Trinajstić information content (AvgIpc) is 2.46. The SMILES string of the molecule is C=CCNCC(=O)N1Cc2ccccc2C(C(=O)O)C1. The second kappa shape index (κ2) is 6.34. The summed E-state index contributed by atoms with van der Waals surface area (Å²) in [5.41, 5.74) is 1.71. The molecule has 2 rings (SSSR count). The number of carboxylic acids is 1. The van der Waals surface area contributed by atoms with Gasteiger partial charge in [-0.2, -0.15) is 0 Å². The molecule has 1 amide bonds. The molecule has 5 heteroatoms. The molecule has 0 saturated heterocycles. The summed E-state index contributed by atoms with van der Waals surface area (Å²) in [4.78, 5) is 25.1. The van der Waals surface area contributed by atoms with E-state index < -0.39 is 11.9 Å². The van der Waals surface area contributed by atoms with Gasteiger partial charge in [0.2, 0.25) is 5.91 Å². The first-order valence-electron chi connectivity index (χ1n) is 6.53. The van der Waals surface area contributed by atoms with E-state index in [9.17, 15) is 14.7 Å². The van der Waals surface area contributed by atoms with Crippen LogP contribution in [0, 0.1) is 0 Å². The number of carboxylic acid groups (broad SMARTS) is 1. The van der Waals surface area contributed by atoms with Gasteiger partial charge in [0.1, 0.15) is 0 Å². The van der Waals surface area contributed by atoms with Crippen molar-refractivity contribution >= 4 is 11.9 Å². The molecule has 1 aromatic rings. The molecule has 1 aliphatic heterocycles. The highest BCUT2D eigenvalue weighted by Crippen LogP contribution is 2.28. The topological polar surface area (TPSA) is 69.6 Å². The summed E-state index contributed by atoms with van der Waals surface area (Å²) < 4.78 is 0. The van der Waals surface area contributed by atoms with Crippen molar-refractivity contribution in [1.82, 2.24) is 10.2 Å². The lowest BCUT2D eigenvalue weighted by molar-refractivity contribution is -0.141. The van der Waals surface area contributed by atoms with Crippen LogP contribution in [0.2, 0.25) is 0 Å². The van der Waals surface area contributed by atoms with Gasteiger partial charge in [-0.15, -0.1) is 6.58 Å². The summed E-state index contributed by atoms with van der Waals surface area (Å²) in [5, 5.41) is 12.3. The Bertz CT molecular complexity index is 528. The minimum Gasteiger partial charge on any atom is -0.481 e. The van der Waals surface area contributed by atoms with Crippen molar-refractivity contribution < 1.29 is 14.7 Å². The Morgan fingerprint density at radius 2 is 2.20 bits per heavy atom. The van der Waals surface area contributed by atoms with E-state index in [1.54, 1.807) is 11.0 Å². The fraction of sp³-hybridized carbons (Fsp3) is 0.333. The average molecular weight is 274 g/mol. The van der Waals surface area contributed by atoms with Gasteiger partial charge < -0.3 is 15.3 Å². The minimum absolute atomic E-state index is 0.0902. The van der Waals surface area contributed by atoms with Crippen LogP contribution in [0.4, 0.5) is 0 Å². The number of hydrogen-bond acceptors (Lipinski definition) is 3. The third-order valence-corrected chi connectivity index (χ3v) is 3.41. The maximum atomic E-state index is 12.1. The second-order valence-electron chi connectivity index (χ2n) is 4.78. The molecular weight excluding hydrogens is 256 g/mol. The number of nitrogens with one attached hydrogen (secondary N) is 1. The first kappa shape index (κ1) is 14.3. The summed E-state index contributed by atoms with van der Waals surface area (Å²) in [7, 11) is 0. The Balaban J connectivity index is 2.13. The number of benzene rings is 1. The third-order valence-electron chi connectivity index (χ3n) is 3.41. The van der Waals surface area contributed by atoms with Gasteiger partial charge in [0, 0.05) is 19.6 Å². The fourth-order valence-corrected chi connectivity index (χ4v) is 2.40. The zero-order chi connectivity index (χ0) is 14.5. The summed E-state index contributed by atoms with van der Waals surface area (Å²) in [6.07, 6.45) is 1.68. The van der Waals surface area contributed by atoms with Gasteiger partial charge in [0.15, 0.2) is 0 Å². The lowest BCUT2D eigenvalue weighted by Crippen LogP contribution is -2.44. The van der Waals surface area contributed by atoms with Gasteiger partial charge >= 0.3 is 5.97 Å². The lowest BCUT2D eigenvalue weighted by atomic mass is 9.90. The maximum absolute atomic E-state index is 12.1. The maximum Gasteiger partial charge on any atom is 0.312 e. The molecule has 0 aliphatic carbocycles. The standard InChI is InChI=1S/C15H18N2O3/c1-2-7-16-8-14(18)17-9-11-5-3-4-6-12(11)13(10-17)15(19)20/h2-6,13,16H,1,7-10H2,(H,19,20). The molecule has 106 valence electrons. The molecule has 20 heavy (non-hydrogen) atoms. The molecule has 0 radical (unpaired) electrons. The number of carbonyl (C=O) groups is 2. The van der Waals surface area contributed by atoms with Crippen molar-refractivity contribution in [3.05, 3.63) is 48.0 Å². The normalized spacial score (nSPS) is 17.4. The number of hydrogen-bond donors (Lipinski definition) is 2. The monoisotopic (exact) mass is 274 g/mol. The first-order chi connectivity index (χ1) is 9.63. The van der Waals surface area contributed by atoms with Crippen LogP contribution in [0.15, 0.2) is 36.9 Å². The van der Waals surface area contributed by atoms with Crippen molar-refractivity contribution in [1.29, 1.82) is 0 Å². The first-order valence-corrected chi connectivity index (χ1v) is 6.53. The number of nitrogens with zero attached hydrogens (tertiary/aromatic N) is 1. The molecule has 0 fully saturated rings. The van der Waals surface area contributed by atoms with Crippen LogP contribution in [-0.2, 0) is 16.1 Å². The minimum atomic E-state index is -0.894. The van der Waals surface area contributed by atoms with Crippen molar-refractivity contribution in [3.63, 3.8) is 0 Å². The van der Waals surface area contributed by atoms with E-state index in [0.29, 0.717) is 13.1 Å². The molecule has 2 N–H and O–H groups in total. The number of amides is 1. The predicted molar refractivity (Wildman–Crippen MR) is 75.3 cm³/mol. The lowest BCUT2D eigenvalue weighted by Gasteiger charge is -2.32. The van der Waals surface area contributed by atoms with E-state index in [2.05, 4.69) is 11.9 Å². The van der Waals surface area contributed by atoms with Gasteiger partial charge in [-0.25, -0.2) is 0 Å². The zero-order valence-electron chi connectivity index (χ0n) is 11.2. The second-order valence-corrected chi connectivity index (χ2v) is 4.78. The molecule has 0 aromatic heterocycles. The molecule has 1 unspecified atom stereocenters. The van der Waals surface area contributed by atoms with Crippen LogP contribution in [0.1, 0.15) is 17.0 Å². The highest BCUT2D eigenvalue weighted by atomic mass is 16.4. The van der Waals surface area contributed by atoms with Gasteiger partial charge in [-0.1, -0.05) is 30.3 Å². The third kappa shape index (κ3) is 3.05. The highest BCUT2D eigenvalue weighted by Gasteiger charge is 2.31. The quantitative estimate of drug-likeness (QED) is 0.620. The molecule has 0 saturated carbocycles. The molecule has 1 atom stereocenters. The predicted octanol–water partition coefficient (Wildman–Crippen LogP) is 0.973. The van der Waals surface area contributed by atoms with E-state index in [1.165, 1.54) is 0 Å². The number of carbonyl (C=O) groups excluding carboxylic acids is 1. The van der Waals surface area contributed by atoms with Crippen molar-refractivity contribution in [2.24, 2.45) is 0 Å². The molecule has 1 aromatic carbocycles. The molecule has 0 spiro atoms. The van der Waals surface area contributed by atoms with Crippen LogP contribution in [0.3, 0.4) is 0 Å². The van der Waals surface area contributed by atoms with Crippen LogP contribution in [0.5, 0.6) is 0 Å². The van der Waals surface area contributed by atoms with Crippen LogP contribution in [-0.4, -0.2) is 41.5 Å². The summed E-state index contributed by atoms with van der Waals surface area (Å²) in [6.45, 7) is 5.01. The largest absolute Gasteiger partial charge is 0.481 e. The Morgan fingerprint density at radius 1 is 1.45 bits per heavy atom. The van der Waals surface area contributed by atoms with Crippen LogP contribution < -0.4 is 5.32 Å². The Labute approximate surface area is 117 Å². The summed E-state index contributed by atoms with van der Waals surface area (Å²) >= 11 is 0. The van der Waals surface area contributed by atoms with Crippen molar-refractivity contribution in [3.8, 4) is 0 Å². The zero-order valence-corrected chi connectivity index (χ0v) is 11.2. The number of fused-ring (bicyclic) bond motifs is 1. The van der Waals surface area contributed by atoms with Crippen molar-refractivity contribution in [2.45, 2.75) is 12.5 Å². The van der Waals surface area contributed by atoms with Gasteiger partial charge in [-0.05, 0) is 11.1 Å². The molecular formula is C15H18N2O3. The Kier molecular flexibility index (Phi) is 4.53. The van der Waals surface area contributed by atoms with Gasteiger partial charge in [-0.3, -0.25) is 9.59 Å². The van der Waals surface area contributed by atoms with E-state index in [0.717, 1.165) is 11.1 Å². The molecule has 0 bridgehead atoms. The Hall–Kier alpha value is -2.14.